The van der Waals surface area contributed by atoms with E-state index < -0.39 is 6.10 Å². The van der Waals surface area contributed by atoms with E-state index in [1.54, 1.807) is 0 Å². The van der Waals surface area contributed by atoms with Crippen molar-refractivity contribution in [2.45, 2.75) is 200 Å². The minimum Gasteiger partial charge on any atom is -0.462 e. The molecule has 0 aliphatic carbocycles. The van der Waals surface area contributed by atoms with Crippen LogP contribution in [0.5, 0.6) is 0 Å². The number of unbranched alkanes of at least 4 members (excludes halogenated alkanes) is 20. The summed E-state index contributed by atoms with van der Waals surface area (Å²) in [5.74, 6) is -0.638. The molecule has 0 rings (SSSR count). The molecule has 5 heteroatoms. The average Bonchev–Trinajstić information content (AvgIpc) is 3.09. The van der Waals surface area contributed by atoms with Crippen LogP contribution in [0, 0.1) is 0 Å². The second kappa shape index (κ2) is 39.3. The largest absolute Gasteiger partial charge is 0.462 e. The zero-order valence-corrected chi connectivity index (χ0v) is 31.5. The van der Waals surface area contributed by atoms with E-state index in [1.165, 1.54) is 116 Å². The van der Waals surface area contributed by atoms with Crippen molar-refractivity contribution in [1.82, 2.24) is 0 Å². The molecule has 0 aromatic rings. The van der Waals surface area contributed by atoms with E-state index in [1.807, 2.05) is 0 Å². The highest BCUT2D eigenvalue weighted by Crippen LogP contribution is 2.13. The molecule has 48 heavy (non-hydrogen) atoms. The third-order valence-electron chi connectivity index (χ3n) is 8.60. The number of aliphatic hydroxyl groups is 1. The van der Waals surface area contributed by atoms with Gasteiger partial charge >= 0.3 is 11.9 Å². The highest BCUT2D eigenvalue weighted by molar-refractivity contribution is 5.70. The SMILES string of the molecule is CCCCCC=CCC=CCC=CCCCCC(=O)OC(CO)COC(=O)CCCCCCCCCCCC=CCCCCCCCC. The summed E-state index contributed by atoms with van der Waals surface area (Å²) >= 11 is 0. The Morgan fingerprint density at radius 1 is 0.479 bits per heavy atom. The van der Waals surface area contributed by atoms with Gasteiger partial charge in [0, 0.05) is 12.8 Å². The fourth-order valence-electron chi connectivity index (χ4n) is 5.50. The number of hydrogen-bond acceptors (Lipinski definition) is 5. The van der Waals surface area contributed by atoms with E-state index in [9.17, 15) is 14.7 Å². The Kier molecular flexibility index (Phi) is 37.5. The van der Waals surface area contributed by atoms with Crippen LogP contribution in [0.1, 0.15) is 194 Å². The summed E-state index contributed by atoms with van der Waals surface area (Å²) in [7, 11) is 0. The van der Waals surface area contributed by atoms with E-state index >= 15 is 0 Å². The summed E-state index contributed by atoms with van der Waals surface area (Å²) in [5.41, 5.74) is 0. The van der Waals surface area contributed by atoms with Gasteiger partial charge in [-0.2, -0.15) is 0 Å². The van der Waals surface area contributed by atoms with E-state index in [0.717, 1.165) is 51.4 Å². The average molecular weight is 673 g/mol. The molecular weight excluding hydrogens is 596 g/mol. The first kappa shape index (κ1) is 45.9. The summed E-state index contributed by atoms with van der Waals surface area (Å²) in [5, 5.41) is 9.55. The number of hydrogen-bond donors (Lipinski definition) is 1. The molecule has 0 fully saturated rings. The van der Waals surface area contributed by atoms with E-state index in [0.29, 0.717) is 12.8 Å². The van der Waals surface area contributed by atoms with E-state index in [2.05, 4.69) is 62.5 Å². The molecule has 0 spiro atoms. The Labute approximate surface area is 297 Å². The maximum Gasteiger partial charge on any atom is 0.306 e. The van der Waals surface area contributed by atoms with Gasteiger partial charge in [-0.3, -0.25) is 9.59 Å². The normalized spacial score (nSPS) is 12.6. The third-order valence-corrected chi connectivity index (χ3v) is 8.60. The number of carbonyl (C=O) groups excluding carboxylic acids is 2. The van der Waals surface area contributed by atoms with Gasteiger partial charge in [-0.25, -0.2) is 0 Å². The van der Waals surface area contributed by atoms with Gasteiger partial charge in [-0.1, -0.05) is 152 Å². The minimum absolute atomic E-state index is 0.0824. The predicted octanol–water partition coefficient (Wildman–Crippen LogP) is 12.6. The van der Waals surface area contributed by atoms with Gasteiger partial charge in [0.25, 0.3) is 0 Å². The smallest absolute Gasteiger partial charge is 0.306 e. The van der Waals surface area contributed by atoms with Gasteiger partial charge < -0.3 is 14.6 Å². The maximum atomic E-state index is 12.1. The first-order valence-corrected chi connectivity index (χ1v) is 20.2. The molecule has 0 saturated carbocycles. The zero-order valence-electron chi connectivity index (χ0n) is 31.5. The molecule has 0 radical (unpaired) electrons. The van der Waals surface area contributed by atoms with E-state index in [4.69, 9.17) is 9.47 Å². The minimum atomic E-state index is -0.791. The van der Waals surface area contributed by atoms with Crippen molar-refractivity contribution in [3.8, 4) is 0 Å². The summed E-state index contributed by atoms with van der Waals surface area (Å²) in [4.78, 5) is 24.2. The highest BCUT2D eigenvalue weighted by Gasteiger charge is 2.16. The Hall–Kier alpha value is -2.14. The molecule has 1 unspecified atom stereocenters. The molecule has 0 saturated heterocycles. The third kappa shape index (κ3) is 36.7. The Balaban J connectivity index is 3.60. The summed E-state index contributed by atoms with van der Waals surface area (Å²) in [6.45, 7) is 4.07. The molecule has 1 atom stereocenters. The molecule has 5 nitrogen and oxygen atoms in total. The lowest BCUT2D eigenvalue weighted by Crippen LogP contribution is -2.28. The van der Waals surface area contributed by atoms with Crippen molar-refractivity contribution in [3.63, 3.8) is 0 Å². The standard InChI is InChI=1S/C43H76O5/c1-3-5-7-9-11-13-15-17-19-20-21-22-24-25-27-29-31-33-35-37-42(45)47-40-41(39-44)48-43(46)38-36-34-32-30-28-26-23-18-16-14-12-10-8-6-4-2/h12,14,17-19,23,28,30,41,44H,3-11,13,15-16,20-22,24-27,29,31-40H2,1-2H3. The van der Waals surface area contributed by atoms with Crippen LogP contribution in [-0.4, -0.2) is 36.4 Å². The van der Waals surface area contributed by atoms with Crippen molar-refractivity contribution in [1.29, 1.82) is 0 Å². The molecule has 1 N–H and O–H groups in total. The van der Waals surface area contributed by atoms with Crippen LogP contribution in [0.4, 0.5) is 0 Å². The van der Waals surface area contributed by atoms with Crippen molar-refractivity contribution in [2.24, 2.45) is 0 Å². The predicted molar refractivity (Wildman–Crippen MR) is 205 cm³/mol. The quantitative estimate of drug-likeness (QED) is 0.0407. The lowest BCUT2D eigenvalue weighted by Gasteiger charge is -2.15. The van der Waals surface area contributed by atoms with Gasteiger partial charge in [-0.05, 0) is 77.0 Å². The zero-order chi connectivity index (χ0) is 35.0. The van der Waals surface area contributed by atoms with Crippen molar-refractivity contribution in [2.75, 3.05) is 13.2 Å². The number of carbonyl (C=O) groups is 2. The Morgan fingerprint density at radius 3 is 1.35 bits per heavy atom. The second-order valence-corrected chi connectivity index (χ2v) is 13.4. The molecule has 0 aromatic carbocycles. The maximum absolute atomic E-state index is 12.1. The van der Waals surface area contributed by atoms with Crippen LogP contribution in [0.2, 0.25) is 0 Å². The molecule has 0 amide bonds. The van der Waals surface area contributed by atoms with Gasteiger partial charge in [0.15, 0.2) is 6.10 Å². The van der Waals surface area contributed by atoms with Gasteiger partial charge in [0.05, 0.1) is 6.61 Å². The van der Waals surface area contributed by atoms with Crippen LogP contribution < -0.4 is 0 Å². The van der Waals surface area contributed by atoms with Crippen LogP contribution >= 0.6 is 0 Å². The molecule has 0 bridgehead atoms. The van der Waals surface area contributed by atoms with Crippen LogP contribution in [0.15, 0.2) is 48.6 Å². The van der Waals surface area contributed by atoms with Gasteiger partial charge in [0.1, 0.15) is 6.61 Å². The number of ether oxygens (including phenoxy) is 2. The molecule has 0 aliphatic heterocycles. The summed E-state index contributed by atoms with van der Waals surface area (Å²) in [6.07, 6.45) is 48.9. The fourth-order valence-corrected chi connectivity index (χ4v) is 5.50. The molecule has 0 heterocycles. The highest BCUT2D eigenvalue weighted by atomic mass is 16.6. The van der Waals surface area contributed by atoms with Gasteiger partial charge in [-0.15, -0.1) is 0 Å². The lowest BCUT2D eigenvalue weighted by molar-refractivity contribution is -0.161. The number of esters is 2. The van der Waals surface area contributed by atoms with Crippen molar-refractivity contribution in [3.05, 3.63) is 48.6 Å². The first-order valence-electron chi connectivity index (χ1n) is 20.2. The van der Waals surface area contributed by atoms with Crippen molar-refractivity contribution < 1.29 is 24.2 Å². The molecule has 0 aliphatic rings. The number of aliphatic hydroxyl groups excluding tert-OH is 1. The number of rotatable bonds is 36. The second-order valence-electron chi connectivity index (χ2n) is 13.4. The Morgan fingerprint density at radius 2 is 0.833 bits per heavy atom. The lowest BCUT2D eigenvalue weighted by atomic mass is 10.1. The van der Waals surface area contributed by atoms with Crippen molar-refractivity contribution >= 4 is 11.9 Å². The summed E-state index contributed by atoms with van der Waals surface area (Å²) < 4.78 is 10.6. The monoisotopic (exact) mass is 673 g/mol. The van der Waals surface area contributed by atoms with E-state index in [-0.39, 0.29) is 25.2 Å². The summed E-state index contributed by atoms with van der Waals surface area (Å²) in [6, 6.07) is 0. The molecule has 0 aromatic heterocycles. The van der Waals surface area contributed by atoms with Crippen LogP contribution in [0.25, 0.3) is 0 Å². The Bertz CT molecular complexity index is 812. The molecular formula is C43H76O5. The van der Waals surface area contributed by atoms with Gasteiger partial charge in [0.2, 0.25) is 0 Å². The van der Waals surface area contributed by atoms with Crippen LogP contribution in [-0.2, 0) is 19.1 Å². The number of allylic oxidation sites excluding steroid dienone is 8. The first-order chi connectivity index (χ1) is 23.6. The topological polar surface area (TPSA) is 72.8 Å². The molecule has 278 valence electrons. The fraction of sp³-hybridized carbons (Fsp3) is 0.767. The van der Waals surface area contributed by atoms with Crippen LogP contribution in [0.3, 0.4) is 0 Å².